The van der Waals surface area contributed by atoms with Gasteiger partial charge in [0.1, 0.15) is 19.3 Å². The first-order chi connectivity index (χ1) is 49.2. The number of phosphoric acid groups is 2. The Labute approximate surface area is 626 Å². The lowest BCUT2D eigenvalue weighted by molar-refractivity contribution is -0.161. The average molecular weight is 1490 g/mol. The van der Waals surface area contributed by atoms with Gasteiger partial charge in [-0.15, -0.1) is 0 Å². The van der Waals surface area contributed by atoms with Gasteiger partial charge in [-0.25, -0.2) is 9.13 Å². The van der Waals surface area contributed by atoms with Gasteiger partial charge in [0.15, 0.2) is 12.2 Å². The Bertz CT molecular complexity index is 1990. The third-order valence-electron chi connectivity index (χ3n) is 20.0. The van der Waals surface area contributed by atoms with E-state index in [4.69, 9.17) is 37.0 Å². The third-order valence-corrected chi connectivity index (χ3v) is 21.9. The van der Waals surface area contributed by atoms with Crippen LogP contribution in [-0.2, 0) is 65.4 Å². The summed E-state index contributed by atoms with van der Waals surface area (Å²) >= 11 is 0. The minimum atomic E-state index is -4.96. The van der Waals surface area contributed by atoms with Crippen LogP contribution in [0.15, 0.2) is 0 Å². The van der Waals surface area contributed by atoms with Crippen LogP contribution in [0.3, 0.4) is 0 Å². The van der Waals surface area contributed by atoms with Crippen molar-refractivity contribution < 1.29 is 80.2 Å². The molecule has 0 fully saturated rings. The van der Waals surface area contributed by atoms with E-state index in [1.807, 2.05) is 0 Å². The smallest absolute Gasteiger partial charge is 0.462 e. The minimum absolute atomic E-state index is 0.105. The largest absolute Gasteiger partial charge is 0.472 e. The van der Waals surface area contributed by atoms with Crippen LogP contribution in [0.4, 0.5) is 0 Å². The van der Waals surface area contributed by atoms with Gasteiger partial charge < -0.3 is 33.8 Å². The Balaban J connectivity index is 5.17. The molecule has 17 nitrogen and oxygen atoms in total. The van der Waals surface area contributed by atoms with Gasteiger partial charge in [0.05, 0.1) is 26.4 Å². The molecule has 0 aromatic rings. The van der Waals surface area contributed by atoms with E-state index >= 15 is 0 Å². The van der Waals surface area contributed by atoms with E-state index in [9.17, 15) is 43.2 Å². The number of hydrogen-bond donors (Lipinski definition) is 3. The number of unbranched alkanes of at least 4 members (excludes halogenated alkanes) is 44. The van der Waals surface area contributed by atoms with Gasteiger partial charge in [0.25, 0.3) is 0 Å². The standard InChI is InChI=1S/C83H162O17P2/c1-9-75(7)61-53-45-37-29-25-21-17-13-11-12-14-18-23-27-31-40-49-57-65-82(87)99-79(70-94-81(86)64-56-48-42-34-36-44-52-60-74(5)6)72-98-102(91,92)96-68-77(84)67-95-101(89,90)97-71-78(100-83(88)66-58-50-41-33-32-38-46-54-62-76(8)10-2)69-93-80(85)63-55-47-39-30-26-22-19-15-16-20-24-28-35-43-51-59-73(3)4/h73-79,84H,9-72H2,1-8H3,(H,89,90)(H,91,92)/t75?,76?,77?,78-,79-/m1/s1. The van der Waals surface area contributed by atoms with Crippen molar-refractivity contribution in [1.29, 1.82) is 0 Å². The van der Waals surface area contributed by atoms with E-state index in [0.717, 1.165) is 114 Å². The fourth-order valence-corrected chi connectivity index (χ4v) is 14.3. The number of phosphoric ester groups is 2. The summed E-state index contributed by atoms with van der Waals surface area (Å²) in [6.07, 6.45) is 59.8. The zero-order chi connectivity index (χ0) is 75.3. The summed E-state index contributed by atoms with van der Waals surface area (Å²) in [4.78, 5) is 73.0. The van der Waals surface area contributed by atoms with Crippen molar-refractivity contribution in [3.63, 3.8) is 0 Å². The number of rotatable bonds is 80. The molecule has 0 aromatic carbocycles. The Morgan fingerprint density at radius 2 is 0.471 bits per heavy atom. The van der Waals surface area contributed by atoms with Crippen LogP contribution < -0.4 is 0 Å². The van der Waals surface area contributed by atoms with Crippen LogP contribution in [0.25, 0.3) is 0 Å². The van der Waals surface area contributed by atoms with Gasteiger partial charge in [-0.1, -0.05) is 376 Å². The summed E-state index contributed by atoms with van der Waals surface area (Å²) < 4.78 is 68.7. The highest BCUT2D eigenvalue weighted by Gasteiger charge is 2.30. The first kappa shape index (κ1) is 100. The van der Waals surface area contributed by atoms with E-state index in [2.05, 4.69) is 55.4 Å². The van der Waals surface area contributed by atoms with E-state index in [1.165, 1.54) is 225 Å². The molecule has 0 heterocycles. The summed E-state index contributed by atoms with van der Waals surface area (Å²) in [7, 11) is -9.92. The Morgan fingerprint density at radius 1 is 0.275 bits per heavy atom. The number of aliphatic hydroxyl groups is 1. The molecular weight excluding hydrogens is 1330 g/mol. The molecule has 3 N–H and O–H groups in total. The topological polar surface area (TPSA) is 237 Å². The van der Waals surface area contributed by atoms with Gasteiger partial charge in [0, 0.05) is 25.7 Å². The van der Waals surface area contributed by atoms with E-state index < -0.39 is 97.5 Å². The molecule has 0 aliphatic heterocycles. The van der Waals surface area contributed by atoms with Crippen LogP contribution >= 0.6 is 15.6 Å². The number of hydrogen-bond acceptors (Lipinski definition) is 15. The lowest BCUT2D eigenvalue weighted by Gasteiger charge is -2.21. The molecular formula is C83H162O17P2. The first-order valence-corrected chi connectivity index (χ1v) is 45.8. The highest BCUT2D eigenvalue weighted by molar-refractivity contribution is 7.47. The summed E-state index contributed by atoms with van der Waals surface area (Å²) in [6.45, 7) is 14.3. The number of ether oxygens (including phenoxy) is 4. The third kappa shape index (κ3) is 73.6. The van der Waals surface area contributed by atoms with Gasteiger partial charge in [-0.2, -0.15) is 0 Å². The molecule has 0 spiro atoms. The van der Waals surface area contributed by atoms with Crippen molar-refractivity contribution in [2.24, 2.45) is 23.7 Å². The Morgan fingerprint density at radius 3 is 0.696 bits per heavy atom. The molecule has 0 radical (unpaired) electrons. The number of carbonyl (C=O) groups excluding carboxylic acids is 4. The van der Waals surface area contributed by atoms with E-state index in [1.54, 1.807) is 0 Å². The molecule has 19 heteroatoms. The summed E-state index contributed by atoms with van der Waals surface area (Å²) in [5.74, 6) is 1.04. The van der Waals surface area contributed by atoms with Crippen molar-refractivity contribution in [1.82, 2.24) is 0 Å². The predicted molar refractivity (Wildman–Crippen MR) is 418 cm³/mol. The maximum atomic E-state index is 13.1. The second-order valence-corrected chi connectivity index (χ2v) is 34.2. The molecule has 102 heavy (non-hydrogen) atoms. The quantitative estimate of drug-likeness (QED) is 0.0222. The molecule has 0 aliphatic carbocycles. The zero-order valence-electron chi connectivity index (χ0n) is 67.2. The van der Waals surface area contributed by atoms with Crippen LogP contribution in [0, 0.1) is 23.7 Å². The first-order valence-electron chi connectivity index (χ1n) is 42.8. The number of carbonyl (C=O) groups is 4. The summed E-state index contributed by atoms with van der Waals surface area (Å²) in [5.41, 5.74) is 0. The van der Waals surface area contributed by atoms with Crippen molar-refractivity contribution in [3.05, 3.63) is 0 Å². The molecule has 0 saturated carbocycles. The second-order valence-electron chi connectivity index (χ2n) is 31.3. The number of aliphatic hydroxyl groups excluding tert-OH is 1. The van der Waals surface area contributed by atoms with Crippen LogP contribution in [0.5, 0.6) is 0 Å². The molecule has 606 valence electrons. The minimum Gasteiger partial charge on any atom is -0.462 e. The number of esters is 4. The van der Waals surface area contributed by atoms with Gasteiger partial charge in [-0.3, -0.25) is 37.3 Å². The van der Waals surface area contributed by atoms with Gasteiger partial charge in [-0.05, 0) is 49.4 Å². The summed E-state index contributed by atoms with van der Waals surface area (Å²) in [6, 6.07) is 0. The molecule has 0 rings (SSSR count). The van der Waals surface area contributed by atoms with Crippen molar-refractivity contribution in [2.75, 3.05) is 39.6 Å². The van der Waals surface area contributed by atoms with Crippen LogP contribution in [0.2, 0.25) is 0 Å². The van der Waals surface area contributed by atoms with Crippen molar-refractivity contribution >= 4 is 39.5 Å². The maximum absolute atomic E-state index is 13.1. The lowest BCUT2D eigenvalue weighted by atomic mass is 9.99. The highest BCUT2D eigenvalue weighted by atomic mass is 31.2. The molecule has 0 aliphatic rings. The fourth-order valence-electron chi connectivity index (χ4n) is 12.7. The molecule has 0 bridgehead atoms. The SMILES string of the molecule is CCC(C)CCCCCCCCCCCCCCCCCCCCC(=O)O[C@H](COC(=O)CCCCCCCCCC(C)C)COP(=O)(O)OCC(O)COP(=O)(O)OC[C@@H](COC(=O)CCCCCCCCCCCCCCCCCC(C)C)OC(=O)CCCCCCCCCCC(C)CC. The zero-order valence-corrected chi connectivity index (χ0v) is 69.0. The fraction of sp³-hybridized carbons (Fsp3) is 0.952. The van der Waals surface area contributed by atoms with E-state index in [0.29, 0.717) is 31.6 Å². The molecule has 5 unspecified atom stereocenters. The van der Waals surface area contributed by atoms with Crippen molar-refractivity contribution in [3.8, 4) is 0 Å². The van der Waals surface area contributed by atoms with Crippen LogP contribution in [0.1, 0.15) is 428 Å². The lowest BCUT2D eigenvalue weighted by Crippen LogP contribution is -2.30. The monoisotopic (exact) mass is 1490 g/mol. The predicted octanol–water partition coefficient (Wildman–Crippen LogP) is 24.8. The molecule has 0 aromatic heterocycles. The molecule has 0 amide bonds. The van der Waals surface area contributed by atoms with E-state index in [-0.39, 0.29) is 25.7 Å². The van der Waals surface area contributed by atoms with Gasteiger partial charge in [0.2, 0.25) is 0 Å². The molecule has 0 saturated heterocycles. The van der Waals surface area contributed by atoms with Gasteiger partial charge >= 0.3 is 39.5 Å². The summed E-state index contributed by atoms with van der Waals surface area (Å²) in [5, 5.41) is 10.6. The molecule has 7 atom stereocenters. The normalized spacial score (nSPS) is 14.5. The Hall–Kier alpha value is -1.94. The maximum Gasteiger partial charge on any atom is 0.472 e. The van der Waals surface area contributed by atoms with Crippen molar-refractivity contribution in [2.45, 2.75) is 446 Å². The Kier molecular flexibility index (Phi) is 70.6. The van der Waals surface area contributed by atoms with Crippen LogP contribution in [-0.4, -0.2) is 96.7 Å². The average Bonchev–Trinajstić information content (AvgIpc) is 0.920. The second kappa shape index (κ2) is 72.0. The highest BCUT2D eigenvalue weighted by Crippen LogP contribution is 2.45.